The molecule has 0 spiro atoms. The number of rotatable bonds is 1. The van der Waals surface area contributed by atoms with Gasteiger partial charge in [0.1, 0.15) is 0 Å². The SMILES string of the molecule is CC1N=C(c2ccc(F)c(F)c2)CC2=C1CN=CC2. The zero-order chi connectivity index (χ0) is 13.4. The molecular weight excluding hydrogens is 246 g/mol. The van der Waals surface area contributed by atoms with E-state index in [0.717, 1.165) is 18.2 Å². The van der Waals surface area contributed by atoms with Gasteiger partial charge < -0.3 is 0 Å². The van der Waals surface area contributed by atoms with Gasteiger partial charge in [0.05, 0.1) is 12.6 Å². The van der Waals surface area contributed by atoms with E-state index < -0.39 is 11.6 Å². The number of benzene rings is 1. The number of aliphatic imine (C=N–C) groups is 2. The van der Waals surface area contributed by atoms with E-state index in [1.165, 1.54) is 17.2 Å². The van der Waals surface area contributed by atoms with Crippen LogP contribution in [0.1, 0.15) is 25.3 Å². The molecule has 0 saturated carbocycles. The minimum atomic E-state index is -0.821. The molecule has 0 saturated heterocycles. The predicted octanol–water partition coefficient (Wildman–Crippen LogP) is 3.32. The molecule has 0 amide bonds. The summed E-state index contributed by atoms with van der Waals surface area (Å²) in [6.45, 7) is 2.74. The molecule has 0 aromatic heterocycles. The van der Waals surface area contributed by atoms with Crippen molar-refractivity contribution in [3.63, 3.8) is 0 Å². The molecule has 0 bridgehead atoms. The Kier molecular flexibility index (Phi) is 3.01. The van der Waals surface area contributed by atoms with Gasteiger partial charge in [-0.05, 0) is 30.2 Å². The zero-order valence-corrected chi connectivity index (χ0v) is 10.7. The van der Waals surface area contributed by atoms with Crippen molar-refractivity contribution >= 4 is 11.9 Å². The minimum absolute atomic E-state index is 0.0734. The summed E-state index contributed by atoms with van der Waals surface area (Å²) in [7, 11) is 0. The second-order valence-electron chi connectivity index (χ2n) is 4.91. The average molecular weight is 260 g/mol. The van der Waals surface area contributed by atoms with E-state index in [-0.39, 0.29) is 6.04 Å². The van der Waals surface area contributed by atoms with Gasteiger partial charge >= 0.3 is 0 Å². The van der Waals surface area contributed by atoms with Crippen LogP contribution < -0.4 is 0 Å². The summed E-state index contributed by atoms with van der Waals surface area (Å²) < 4.78 is 26.3. The van der Waals surface area contributed by atoms with Crippen LogP contribution in [0.3, 0.4) is 0 Å². The molecule has 1 unspecified atom stereocenters. The molecule has 19 heavy (non-hydrogen) atoms. The van der Waals surface area contributed by atoms with Crippen molar-refractivity contribution in [1.29, 1.82) is 0 Å². The van der Waals surface area contributed by atoms with Crippen LogP contribution in [-0.4, -0.2) is 24.5 Å². The van der Waals surface area contributed by atoms with Crippen molar-refractivity contribution in [2.75, 3.05) is 6.54 Å². The number of hydrogen-bond donors (Lipinski definition) is 0. The monoisotopic (exact) mass is 260 g/mol. The fourth-order valence-corrected chi connectivity index (χ4v) is 2.61. The van der Waals surface area contributed by atoms with Gasteiger partial charge in [0.25, 0.3) is 0 Å². The van der Waals surface area contributed by atoms with Crippen molar-refractivity contribution in [3.8, 4) is 0 Å². The highest BCUT2D eigenvalue weighted by molar-refractivity contribution is 6.03. The standard InChI is InChI=1S/C15H14F2N2/c1-9-12-8-18-5-4-10(12)7-15(19-9)11-2-3-13(16)14(17)6-11/h2-3,5-6,9H,4,7-8H2,1H3. The number of nitrogens with zero attached hydrogens (tertiary/aromatic N) is 2. The Hall–Kier alpha value is -1.84. The first kappa shape index (κ1) is 12.2. The maximum atomic E-state index is 13.3. The predicted molar refractivity (Wildman–Crippen MR) is 72.0 cm³/mol. The Morgan fingerprint density at radius 1 is 1.21 bits per heavy atom. The summed E-state index contributed by atoms with van der Waals surface area (Å²) in [5, 5.41) is 0. The molecule has 3 rings (SSSR count). The maximum Gasteiger partial charge on any atom is 0.159 e. The molecule has 2 aliphatic heterocycles. The molecule has 2 aliphatic rings. The third-order valence-electron chi connectivity index (χ3n) is 3.67. The molecule has 2 nitrogen and oxygen atoms in total. The van der Waals surface area contributed by atoms with Gasteiger partial charge in [0.2, 0.25) is 0 Å². The highest BCUT2D eigenvalue weighted by atomic mass is 19.2. The summed E-state index contributed by atoms with van der Waals surface area (Å²) in [6.07, 6.45) is 3.46. The summed E-state index contributed by atoms with van der Waals surface area (Å²) in [4.78, 5) is 8.88. The highest BCUT2D eigenvalue weighted by Gasteiger charge is 2.23. The normalized spacial score (nSPS) is 22.3. The van der Waals surface area contributed by atoms with Crippen molar-refractivity contribution in [1.82, 2.24) is 0 Å². The van der Waals surface area contributed by atoms with Crippen molar-refractivity contribution in [2.24, 2.45) is 9.98 Å². The molecule has 2 heterocycles. The Labute approximate surface area is 110 Å². The molecule has 1 aromatic carbocycles. The van der Waals surface area contributed by atoms with Crippen molar-refractivity contribution in [2.45, 2.75) is 25.8 Å². The van der Waals surface area contributed by atoms with E-state index in [2.05, 4.69) is 9.98 Å². The van der Waals surface area contributed by atoms with Gasteiger partial charge in [-0.2, -0.15) is 0 Å². The van der Waals surface area contributed by atoms with Crippen LogP contribution in [0.2, 0.25) is 0 Å². The summed E-state index contributed by atoms with van der Waals surface area (Å²) >= 11 is 0. The van der Waals surface area contributed by atoms with Gasteiger partial charge in [-0.15, -0.1) is 0 Å². The lowest BCUT2D eigenvalue weighted by molar-refractivity contribution is 0.508. The lowest BCUT2D eigenvalue weighted by Gasteiger charge is -2.26. The largest absolute Gasteiger partial charge is 0.293 e. The second kappa shape index (κ2) is 4.68. The summed E-state index contributed by atoms with van der Waals surface area (Å²) in [5.74, 6) is -1.64. The average Bonchev–Trinajstić information content (AvgIpc) is 2.42. The van der Waals surface area contributed by atoms with Crippen molar-refractivity contribution in [3.05, 3.63) is 46.5 Å². The van der Waals surface area contributed by atoms with E-state index in [0.29, 0.717) is 18.5 Å². The molecule has 1 aromatic rings. The van der Waals surface area contributed by atoms with Crippen LogP contribution in [0.15, 0.2) is 39.3 Å². The minimum Gasteiger partial charge on any atom is -0.293 e. The fraction of sp³-hybridized carbons (Fsp3) is 0.333. The number of hydrogen-bond acceptors (Lipinski definition) is 2. The quantitative estimate of drug-likeness (QED) is 0.692. The van der Waals surface area contributed by atoms with Crippen molar-refractivity contribution < 1.29 is 8.78 Å². The van der Waals surface area contributed by atoms with Crippen LogP contribution >= 0.6 is 0 Å². The van der Waals surface area contributed by atoms with E-state index in [4.69, 9.17) is 0 Å². The topological polar surface area (TPSA) is 24.7 Å². The van der Waals surface area contributed by atoms with Gasteiger partial charge in [-0.25, -0.2) is 8.78 Å². The number of dihydropyridines is 2. The summed E-state index contributed by atoms with van der Waals surface area (Å²) in [5.41, 5.74) is 4.09. The molecule has 4 heteroatoms. The summed E-state index contributed by atoms with van der Waals surface area (Å²) in [6, 6.07) is 4.05. The first-order valence-electron chi connectivity index (χ1n) is 6.36. The van der Waals surface area contributed by atoms with Gasteiger partial charge in [-0.3, -0.25) is 9.98 Å². The molecular formula is C15H14F2N2. The van der Waals surface area contributed by atoms with Crippen LogP contribution in [0, 0.1) is 11.6 Å². The fourth-order valence-electron chi connectivity index (χ4n) is 2.61. The van der Waals surface area contributed by atoms with Gasteiger partial charge in [0.15, 0.2) is 11.6 Å². The maximum absolute atomic E-state index is 13.3. The molecule has 0 N–H and O–H groups in total. The number of allylic oxidation sites excluding steroid dienone is 1. The molecule has 0 aliphatic carbocycles. The molecule has 0 radical (unpaired) electrons. The van der Waals surface area contributed by atoms with Gasteiger partial charge in [0, 0.05) is 24.8 Å². The van der Waals surface area contributed by atoms with E-state index >= 15 is 0 Å². The highest BCUT2D eigenvalue weighted by Crippen LogP contribution is 2.28. The lowest BCUT2D eigenvalue weighted by Crippen LogP contribution is -2.22. The third-order valence-corrected chi connectivity index (χ3v) is 3.67. The second-order valence-corrected chi connectivity index (χ2v) is 4.91. The Morgan fingerprint density at radius 2 is 2.05 bits per heavy atom. The van der Waals surface area contributed by atoms with Crippen LogP contribution in [0.4, 0.5) is 8.78 Å². The van der Waals surface area contributed by atoms with E-state index in [1.54, 1.807) is 6.07 Å². The molecule has 1 atom stereocenters. The smallest absolute Gasteiger partial charge is 0.159 e. The third kappa shape index (κ3) is 2.23. The first-order valence-corrected chi connectivity index (χ1v) is 6.36. The molecule has 98 valence electrons. The van der Waals surface area contributed by atoms with Crippen LogP contribution in [0.5, 0.6) is 0 Å². The number of halogens is 2. The van der Waals surface area contributed by atoms with Crippen LogP contribution in [0.25, 0.3) is 0 Å². The van der Waals surface area contributed by atoms with E-state index in [9.17, 15) is 8.78 Å². The van der Waals surface area contributed by atoms with Crippen LogP contribution in [-0.2, 0) is 0 Å². The van der Waals surface area contributed by atoms with E-state index in [1.807, 2.05) is 13.1 Å². The Bertz CT molecular complexity index is 615. The Balaban J connectivity index is 1.93. The lowest BCUT2D eigenvalue weighted by atomic mass is 9.88. The van der Waals surface area contributed by atoms with Gasteiger partial charge in [-0.1, -0.05) is 11.6 Å². The first-order chi connectivity index (χ1) is 9.15. The Morgan fingerprint density at radius 3 is 2.84 bits per heavy atom. The zero-order valence-electron chi connectivity index (χ0n) is 10.7. The molecule has 0 fully saturated rings.